The van der Waals surface area contributed by atoms with Gasteiger partial charge in [-0.25, -0.2) is 0 Å². The molecule has 0 fully saturated rings. The van der Waals surface area contributed by atoms with E-state index < -0.39 is 0 Å². The molecule has 13 heavy (non-hydrogen) atoms. The van der Waals surface area contributed by atoms with Crippen LogP contribution in [0.5, 0.6) is 0 Å². The summed E-state index contributed by atoms with van der Waals surface area (Å²) in [5, 5.41) is 8.96. The van der Waals surface area contributed by atoms with Crippen LogP contribution in [-0.2, 0) is 11.3 Å². The van der Waals surface area contributed by atoms with Crippen LogP contribution in [0.15, 0.2) is 24.3 Å². The quantitative estimate of drug-likeness (QED) is 0.766. The number of aliphatic hydroxyl groups is 1. The minimum Gasteiger partial charge on any atom is -0.391 e. The summed E-state index contributed by atoms with van der Waals surface area (Å²) in [5.74, 6) is 0. The van der Waals surface area contributed by atoms with Gasteiger partial charge in [-0.05, 0) is 19.4 Å². The number of aliphatic hydroxyl groups excluding tert-OH is 1. The molecule has 1 unspecified atom stereocenters. The van der Waals surface area contributed by atoms with Crippen LogP contribution < -0.4 is 0 Å². The second kappa shape index (κ2) is 5.00. The molecule has 1 N–H and O–H groups in total. The molecule has 1 aromatic carbocycles. The highest BCUT2D eigenvalue weighted by molar-refractivity contribution is 5.21. The molecule has 2 heteroatoms. The molecule has 0 aromatic heterocycles. The molecule has 2 nitrogen and oxygen atoms in total. The highest BCUT2D eigenvalue weighted by atomic mass is 16.5. The lowest BCUT2D eigenvalue weighted by Gasteiger charge is -2.06. The Hall–Kier alpha value is -0.860. The summed E-state index contributed by atoms with van der Waals surface area (Å²) in [6.45, 7) is 4.74. The normalized spacial score (nSPS) is 12.8. The van der Waals surface area contributed by atoms with Crippen LogP contribution in [0.25, 0.3) is 0 Å². The van der Waals surface area contributed by atoms with Crippen molar-refractivity contribution < 1.29 is 9.84 Å². The molecule has 0 amide bonds. The fourth-order valence-electron chi connectivity index (χ4n) is 1.15. The van der Waals surface area contributed by atoms with Crippen LogP contribution in [0.1, 0.15) is 18.1 Å². The Morgan fingerprint density at radius 2 is 2.23 bits per heavy atom. The third kappa shape index (κ3) is 4.06. The van der Waals surface area contributed by atoms with E-state index in [0.29, 0.717) is 13.2 Å². The van der Waals surface area contributed by atoms with Crippen molar-refractivity contribution in [2.45, 2.75) is 26.6 Å². The molecule has 0 spiro atoms. The van der Waals surface area contributed by atoms with Crippen LogP contribution in [0.2, 0.25) is 0 Å². The highest BCUT2D eigenvalue weighted by Gasteiger charge is 1.96. The van der Waals surface area contributed by atoms with Crippen molar-refractivity contribution in [3.05, 3.63) is 35.4 Å². The van der Waals surface area contributed by atoms with Crippen LogP contribution in [0.3, 0.4) is 0 Å². The monoisotopic (exact) mass is 180 g/mol. The number of rotatable bonds is 4. The Morgan fingerprint density at radius 3 is 2.85 bits per heavy atom. The average molecular weight is 180 g/mol. The van der Waals surface area contributed by atoms with Crippen LogP contribution in [0.4, 0.5) is 0 Å². The van der Waals surface area contributed by atoms with Gasteiger partial charge in [0.1, 0.15) is 0 Å². The van der Waals surface area contributed by atoms with Crippen LogP contribution in [0, 0.1) is 6.92 Å². The summed E-state index contributed by atoms with van der Waals surface area (Å²) in [5.41, 5.74) is 2.39. The largest absolute Gasteiger partial charge is 0.391 e. The molecule has 0 aliphatic carbocycles. The number of aryl methyl sites for hydroxylation is 1. The topological polar surface area (TPSA) is 29.5 Å². The van der Waals surface area contributed by atoms with Gasteiger partial charge in [0.2, 0.25) is 0 Å². The first-order valence-electron chi connectivity index (χ1n) is 4.50. The van der Waals surface area contributed by atoms with Gasteiger partial charge in [0.25, 0.3) is 0 Å². The van der Waals surface area contributed by atoms with Crippen molar-refractivity contribution in [1.29, 1.82) is 0 Å². The Labute approximate surface area is 79.2 Å². The molecule has 1 atom stereocenters. The maximum atomic E-state index is 8.96. The summed E-state index contributed by atoms with van der Waals surface area (Å²) < 4.78 is 5.29. The molecule has 0 saturated heterocycles. The maximum Gasteiger partial charge on any atom is 0.0745 e. The third-order valence-corrected chi connectivity index (χ3v) is 1.71. The Kier molecular flexibility index (Phi) is 3.93. The number of hydrogen-bond acceptors (Lipinski definition) is 2. The van der Waals surface area contributed by atoms with Crippen molar-refractivity contribution in [2.75, 3.05) is 6.61 Å². The van der Waals surface area contributed by atoms with Gasteiger partial charge < -0.3 is 9.84 Å². The van der Waals surface area contributed by atoms with Crippen molar-refractivity contribution in [3.63, 3.8) is 0 Å². The second-order valence-electron chi connectivity index (χ2n) is 3.35. The lowest BCUT2D eigenvalue weighted by molar-refractivity contribution is 0.0376. The van der Waals surface area contributed by atoms with Gasteiger partial charge in [-0.3, -0.25) is 0 Å². The lowest BCUT2D eigenvalue weighted by atomic mass is 10.1. The van der Waals surface area contributed by atoms with Crippen molar-refractivity contribution in [3.8, 4) is 0 Å². The van der Waals surface area contributed by atoms with E-state index in [1.165, 1.54) is 5.56 Å². The van der Waals surface area contributed by atoms with Gasteiger partial charge in [-0.1, -0.05) is 29.8 Å². The van der Waals surface area contributed by atoms with E-state index in [9.17, 15) is 0 Å². The first-order chi connectivity index (χ1) is 6.18. The Bertz CT molecular complexity index is 256. The Balaban J connectivity index is 2.37. The van der Waals surface area contributed by atoms with E-state index in [-0.39, 0.29) is 6.10 Å². The predicted molar refractivity (Wildman–Crippen MR) is 52.5 cm³/mol. The average Bonchev–Trinajstić information content (AvgIpc) is 2.03. The number of benzene rings is 1. The predicted octanol–water partition coefficient (Wildman–Crippen LogP) is 1.89. The fourth-order valence-corrected chi connectivity index (χ4v) is 1.15. The van der Waals surface area contributed by atoms with E-state index >= 15 is 0 Å². The van der Waals surface area contributed by atoms with Crippen molar-refractivity contribution in [2.24, 2.45) is 0 Å². The molecule has 1 rings (SSSR count). The first-order valence-corrected chi connectivity index (χ1v) is 4.50. The summed E-state index contributed by atoms with van der Waals surface area (Å²) in [4.78, 5) is 0. The minimum atomic E-state index is -0.384. The number of hydrogen-bond donors (Lipinski definition) is 1. The maximum absolute atomic E-state index is 8.96. The lowest BCUT2D eigenvalue weighted by Crippen LogP contribution is -2.10. The van der Waals surface area contributed by atoms with Gasteiger partial charge in [-0.2, -0.15) is 0 Å². The fraction of sp³-hybridized carbons (Fsp3) is 0.455. The van der Waals surface area contributed by atoms with E-state index in [0.717, 1.165) is 5.56 Å². The molecule has 0 aliphatic heterocycles. The van der Waals surface area contributed by atoms with E-state index in [4.69, 9.17) is 9.84 Å². The van der Waals surface area contributed by atoms with Crippen LogP contribution >= 0.6 is 0 Å². The first kappa shape index (κ1) is 10.2. The van der Waals surface area contributed by atoms with E-state index in [2.05, 4.69) is 19.1 Å². The molecule has 72 valence electrons. The molecule has 0 bridgehead atoms. The summed E-state index contributed by atoms with van der Waals surface area (Å²) >= 11 is 0. The van der Waals surface area contributed by atoms with Gasteiger partial charge >= 0.3 is 0 Å². The Morgan fingerprint density at radius 1 is 1.46 bits per heavy atom. The van der Waals surface area contributed by atoms with Gasteiger partial charge in [0, 0.05) is 0 Å². The summed E-state index contributed by atoms with van der Waals surface area (Å²) in [6.07, 6.45) is -0.384. The number of ether oxygens (including phenoxy) is 1. The van der Waals surface area contributed by atoms with E-state index in [1.54, 1.807) is 6.92 Å². The SMILES string of the molecule is Cc1cccc(COCC(C)O)c1. The van der Waals surface area contributed by atoms with Crippen molar-refractivity contribution >= 4 is 0 Å². The zero-order chi connectivity index (χ0) is 9.68. The van der Waals surface area contributed by atoms with Gasteiger partial charge in [-0.15, -0.1) is 0 Å². The molecular weight excluding hydrogens is 164 g/mol. The van der Waals surface area contributed by atoms with Gasteiger partial charge in [0.05, 0.1) is 19.3 Å². The second-order valence-corrected chi connectivity index (χ2v) is 3.35. The molecular formula is C11H16O2. The molecule has 0 aliphatic rings. The third-order valence-electron chi connectivity index (χ3n) is 1.71. The van der Waals surface area contributed by atoms with Crippen LogP contribution in [-0.4, -0.2) is 17.8 Å². The molecule has 0 heterocycles. The summed E-state index contributed by atoms with van der Waals surface area (Å²) in [7, 11) is 0. The standard InChI is InChI=1S/C11H16O2/c1-9-4-3-5-11(6-9)8-13-7-10(2)12/h3-6,10,12H,7-8H2,1-2H3. The summed E-state index contributed by atoms with van der Waals surface area (Å²) in [6, 6.07) is 8.17. The molecule has 0 radical (unpaired) electrons. The zero-order valence-electron chi connectivity index (χ0n) is 8.16. The highest BCUT2D eigenvalue weighted by Crippen LogP contribution is 2.05. The minimum absolute atomic E-state index is 0.384. The van der Waals surface area contributed by atoms with Gasteiger partial charge in [0.15, 0.2) is 0 Å². The van der Waals surface area contributed by atoms with E-state index in [1.807, 2.05) is 12.1 Å². The molecule has 0 saturated carbocycles. The van der Waals surface area contributed by atoms with Crippen molar-refractivity contribution in [1.82, 2.24) is 0 Å². The zero-order valence-corrected chi connectivity index (χ0v) is 8.16. The molecule has 1 aromatic rings. The smallest absolute Gasteiger partial charge is 0.0745 e.